The Balaban J connectivity index is 2.93. The first kappa shape index (κ1) is 13.2. The predicted molar refractivity (Wildman–Crippen MR) is 71.7 cm³/mol. The van der Waals surface area contributed by atoms with E-state index >= 15 is 0 Å². The molecule has 0 aliphatic carbocycles. The largest absolute Gasteiger partial charge is 0.325 e. The quantitative estimate of drug-likeness (QED) is 0.891. The van der Waals surface area contributed by atoms with Crippen molar-refractivity contribution in [2.45, 2.75) is 34.1 Å². The van der Waals surface area contributed by atoms with E-state index in [1.165, 1.54) is 0 Å². The molecule has 1 amide bonds. The zero-order valence-electron chi connectivity index (χ0n) is 10.2. The van der Waals surface area contributed by atoms with Gasteiger partial charge in [-0.1, -0.05) is 29.8 Å². The number of amides is 1. The van der Waals surface area contributed by atoms with Gasteiger partial charge in [0.25, 0.3) is 0 Å². The minimum Gasteiger partial charge on any atom is -0.325 e. The van der Waals surface area contributed by atoms with E-state index in [4.69, 9.17) is 0 Å². The Morgan fingerprint density at radius 3 is 2.31 bits per heavy atom. The smallest absolute Gasteiger partial charge is 0.227 e. The van der Waals surface area contributed by atoms with Gasteiger partial charge in [0.2, 0.25) is 5.91 Å². The summed E-state index contributed by atoms with van der Waals surface area (Å²) in [6, 6.07) is 4.03. The van der Waals surface area contributed by atoms with Gasteiger partial charge in [-0.15, -0.1) is 0 Å². The fraction of sp³-hybridized carbons (Fsp3) is 0.462. The average molecular weight is 284 g/mol. The van der Waals surface area contributed by atoms with Gasteiger partial charge in [0.15, 0.2) is 0 Å². The summed E-state index contributed by atoms with van der Waals surface area (Å²) < 4.78 is 1.05. The second-order valence-corrected chi connectivity index (χ2v) is 5.13. The molecule has 1 rings (SSSR count). The lowest BCUT2D eigenvalue weighted by molar-refractivity contribution is -0.119. The molecule has 1 aromatic carbocycles. The number of hydrogen-bond acceptors (Lipinski definition) is 1. The maximum Gasteiger partial charge on any atom is 0.227 e. The molecule has 0 aromatic heterocycles. The van der Waals surface area contributed by atoms with E-state index in [2.05, 4.69) is 21.2 Å². The summed E-state index contributed by atoms with van der Waals surface area (Å²) in [5, 5.41) is 3.00. The van der Waals surface area contributed by atoms with Crippen molar-refractivity contribution in [1.29, 1.82) is 0 Å². The van der Waals surface area contributed by atoms with E-state index in [-0.39, 0.29) is 11.8 Å². The summed E-state index contributed by atoms with van der Waals surface area (Å²) in [4.78, 5) is 11.8. The topological polar surface area (TPSA) is 29.1 Å². The molecule has 0 bridgehead atoms. The van der Waals surface area contributed by atoms with E-state index in [0.717, 1.165) is 27.7 Å². The van der Waals surface area contributed by atoms with Crippen molar-refractivity contribution in [3.63, 3.8) is 0 Å². The fourth-order valence-electron chi connectivity index (χ4n) is 1.54. The number of benzene rings is 1. The molecular weight excluding hydrogens is 266 g/mol. The van der Waals surface area contributed by atoms with Crippen LogP contribution in [-0.2, 0) is 4.79 Å². The van der Waals surface area contributed by atoms with Crippen molar-refractivity contribution in [2.24, 2.45) is 5.92 Å². The summed E-state index contributed by atoms with van der Waals surface area (Å²) in [5.41, 5.74) is 3.11. The van der Waals surface area contributed by atoms with Gasteiger partial charge in [-0.25, -0.2) is 0 Å². The van der Waals surface area contributed by atoms with E-state index in [9.17, 15) is 4.79 Å². The summed E-state index contributed by atoms with van der Waals surface area (Å²) >= 11 is 3.44. The van der Waals surface area contributed by atoms with Crippen LogP contribution < -0.4 is 5.32 Å². The van der Waals surface area contributed by atoms with Crippen LogP contribution in [-0.4, -0.2) is 5.91 Å². The second-order valence-electron chi connectivity index (χ2n) is 4.21. The van der Waals surface area contributed by atoms with Crippen molar-refractivity contribution >= 4 is 27.5 Å². The number of carbonyl (C=O) groups excluding carboxylic acids is 1. The third kappa shape index (κ3) is 3.08. The summed E-state index contributed by atoms with van der Waals surface area (Å²) in [7, 11) is 0. The van der Waals surface area contributed by atoms with Gasteiger partial charge >= 0.3 is 0 Å². The van der Waals surface area contributed by atoms with E-state index < -0.39 is 0 Å². The molecule has 3 heteroatoms. The first-order valence-electron chi connectivity index (χ1n) is 5.53. The molecule has 1 N–H and O–H groups in total. The highest BCUT2D eigenvalue weighted by Crippen LogP contribution is 2.25. The molecule has 88 valence electrons. The van der Waals surface area contributed by atoms with Gasteiger partial charge in [-0.05, 0) is 43.5 Å². The second kappa shape index (κ2) is 5.48. The number of halogens is 1. The zero-order chi connectivity index (χ0) is 12.3. The maximum absolute atomic E-state index is 11.8. The highest BCUT2D eigenvalue weighted by Gasteiger charge is 2.13. The minimum atomic E-state index is 0.0578. The van der Waals surface area contributed by atoms with Crippen LogP contribution in [0.5, 0.6) is 0 Å². The number of aryl methyl sites for hydroxylation is 2. The zero-order valence-corrected chi connectivity index (χ0v) is 11.8. The van der Waals surface area contributed by atoms with Crippen LogP contribution in [0.2, 0.25) is 0 Å². The molecule has 0 heterocycles. The van der Waals surface area contributed by atoms with Crippen molar-refractivity contribution in [1.82, 2.24) is 0 Å². The minimum absolute atomic E-state index is 0.0578. The number of hydrogen-bond donors (Lipinski definition) is 1. The first-order valence-corrected chi connectivity index (χ1v) is 6.32. The monoisotopic (exact) mass is 283 g/mol. The summed E-state index contributed by atoms with van der Waals surface area (Å²) in [6.45, 7) is 7.97. The third-order valence-electron chi connectivity index (χ3n) is 2.81. The Kier molecular flexibility index (Phi) is 4.54. The van der Waals surface area contributed by atoms with Crippen LogP contribution in [0.1, 0.15) is 31.4 Å². The average Bonchev–Trinajstić information content (AvgIpc) is 2.21. The van der Waals surface area contributed by atoms with Crippen LogP contribution in [0.25, 0.3) is 0 Å². The highest BCUT2D eigenvalue weighted by atomic mass is 79.9. The third-order valence-corrected chi connectivity index (χ3v) is 3.26. The van der Waals surface area contributed by atoms with Gasteiger partial charge in [-0.2, -0.15) is 0 Å². The molecule has 0 fully saturated rings. The van der Waals surface area contributed by atoms with Gasteiger partial charge in [0, 0.05) is 16.1 Å². The van der Waals surface area contributed by atoms with Gasteiger partial charge in [-0.3, -0.25) is 4.79 Å². The van der Waals surface area contributed by atoms with Crippen molar-refractivity contribution < 1.29 is 4.79 Å². The van der Waals surface area contributed by atoms with Gasteiger partial charge < -0.3 is 5.32 Å². The molecule has 0 saturated heterocycles. The molecule has 1 unspecified atom stereocenters. The molecule has 1 aromatic rings. The molecule has 0 radical (unpaired) electrons. The van der Waals surface area contributed by atoms with Crippen LogP contribution in [0.4, 0.5) is 5.69 Å². The number of nitrogens with one attached hydrogen (secondary N) is 1. The van der Waals surface area contributed by atoms with Crippen LogP contribution >= 0.6 is 15.9 Å². The molecule has 1 atom stereocenters. The lowest BCUT2D eigenvalue weighted by Gasteiger charge is -2.15. The number of rotatable bonds is 3. The standard InChI is InChI=1S/C13H18BrNO/c1-5-8(2)13(16)15-12-9(3)6-11(14)7-10(12)4/h6-8H,5H2,1-4H3,(H,15,16). The van der Waals surface area contributed by atoms with Crippen molar-refractivity contribution in [3.05, 3.63) is 27.7 Å². The Morgan fingerprint density at radius 2 is 1.88 bits per heavy atom. The van der Waals surface area contributed by atoms with E-state index in [0.29, 0.717) is 0 Å². The molecule has 0 aliphatic heterocycles. The Bertz CT molecular complexity index is 378. The Hall–Kier alpha value is -0.830. The fourth-order valence-corrected chi connectivity index (χ4v) is 2.23. The van der Waals surface area contributed by atoms with Crippen molar-refractivity contribution in [3.8, 4) is 0 Å². The van der Waals surface area contributed by atoms with Crippen LogP contribution in [0, 0.1) is 19.8 Å². The Morgan fingerprint density at radius 1 is 1.38 bits per heavy atom. The molecule has 0 aliphatic rings. The maximum atomic E-state index is 11.8. The highest BCUT2D eigenvalue weighted by molar-refractivity contribution is 9.10. The molecule has 2 nitrogen and oxygen atoms in total. The van der Waals surface area contributed by atoms with Gasteiger partial charge in [0.05, 0.1) is 0 Å². The van der Waals surface area contributed by atoms with Crippen LogP contribution in [0.15, 0.2) is 16.6 Å². The normalized spacial score (nSPS) is 12.3. The van der Waals surface area contributed by atoms with E-state index in [1.807, 2.05) is 39.8 Å². The molecular formula is C13H18BrNO. The molecule has 0 spiro atoms. The van der Waals surface area contributed by atoms with E-state index in [1.54, 1.807) is 0 Å². The lowest BCUT2D eigenvalue weighted by Crippen LogP contribution is -2.20. The predicted octanol–water partition coefficient (Wildman–Crippen LogP) is 4.05. The van der Waals surface area contributed by atoms with Gasteiger partial charge in [0.1, 0.15) is 0 Å². The summed E-state index contributed by atoms with van der Waals surface area (Å²) in [6.07, 6.45) is 0.862. The summed E-state index contributed by atoms with van der Waals surface area (Å²) in [5.74, 6) is 0.151. The van der Waals surface area contributed by atoms with Crippen molar-refractivity contribution in [2.75, 3.05) is 5.32 Å². The molecule has 0 saturated carbocycles. The number of anilines is 1. The SMILES string of the molecule is CCC(C)C(=O)Nc1c(C)cc(Br)cc1C. The lowest BCUT2D eigenvalue weighted by atomic mass is 10.1. The first-order chi connectivity index (χ1) is 7.45. The van der Waals surface area contributed by atoms with Crippen LogP contribution in [0.3, 0.4) is 0 Å². The Labute approximate surface area is 106 Å². The number of carbonyl (C=O) groups is 1. The molecule has 16 heavy (non-hydrogen) atoms.